The second-order valence-electron chi connectivity index (χ2n) is 11.6. The summed E-state index contributed by atoms with van der Waals surface area (Å²) in [6.45, 7) is 5.00. The molecule has 9 nitrogen and oxygen atoms in total. The number of rotatable bonds is 9. The lowest BCUT2D eigenvalue weighted by molar-refractivity contribution is -0.149. The highest BCUT2D eigenvalue weighted by molar-refractivity contribution is 5.99. The van der Waals surface area contributed by atoms with E-state index in [1.807, 2.05) is 0 Å². The molecule has 2 rings (SSSR count). The van der Waals surface area contributed by atoms with Crippen molar-refractivity contribution in [2.45, 2.75) is 96.3 Å². The number of nitrogens with zero attached hydrogens (tertiary/aromatic N) is 2. The Labute approximate surface area is 259 Å². The lowest BCUT2D eigenvalue weighted by Gasteiger charge is -2.36. The quantitative estimate of drug-likeness (QED) is 0.337. The number of hydrogen-bond donors (Lipinski definition) is 2. The van der Waals surface area contributed by atoms with Crippen molar-refractivity contribution in [3.05, 3.63) is 23.8 Å². The van der Waals surface area contributed by atoms with Crippen molar-refractivity contribution in [3.8, 4) is 5.75 Å². The number of anilines is 1. The SMILES string of the molecule is C[C@@H]1CN([C@@H](C)CO)C(=O)c2cc(NC(=O)CCC(F)(F)F)ccc2O[C@@H](C)CCCCO[C@@H]1CN(C)C(=O)CCC(F)(F)F. The van der Waals surface area contributed by atoms with Crippen molar-refractivity contribution in [1.29, 1.82) is 0 Å². The highest BCUT2D eigenvalue weighted by Gasteiger charge is 2.33. The number of aliphatic hydroxyl groups excluding tert-OH is 1. The summed E-state index contributed by atoms with van der Waals surface area (Å²) in [5.41, 5.74) is 0.0912. The molecule has 0 bridgehead atoms. The van der Waals surface area contributed by atoms with E-state index in [4.69, 9.17) is 9.47 Å². The number of amides is 3. The zero-order valence-electron chi connectivity index (χ0n) is 26.0. The average Bonchev–Trinajstić information content (AvgIpc) is 2.95. The van der Waals surface area contributed by atoms with E-state index in [2.05, 4.69) is 5.32 Å². The molecule has 1 heterocycles. The predicted molar refractivity (Wildman–Crippen MR) is 154 cm³/mol. The van der Waals surface area contributed by atoms with Crippen LogP contribution >= 0.6 is 0 Å². The van der Waals surface area contributed by atoms with Crippen molar-refractivity contribution in [2.24, 2.45) is 5.92 Å². The fourth-order valence-corrected chi connectivity index (χ4v) is 4.75. The van der Waals surface area contributed by atoms with E-state index in [9.17, 15) is 45.8 Å². The van der Waals surface area contributed by atoms with Gasteiger partial charge in [0.2, 0.25) is 11.8 Å². The van der Waals surface area contributed by atoms with Gasteiger partial charge in [-0.25, -0.2) is 0 Å². The maximum atomic E-state index is 14.0. The first-order valence-electron chi connectivity index (χ1n) is 14.9. The number of alkyl halides is 6. The Balaban J connectivity index is 2.39. The smallest absolute Gasteiger partial charge is 0.389 e. The van der Waals surface area contributed by atoms with Crippen molar-refractivity contribution >= 4 is 23.4 Å². The molecule has 1 aliphatic heterocycles. The lowest BCUT2D eigenvalue weighted by atomic mass is 10.0. The summed E-state index contributed by atoms with van der Waals surface area (Å²) in [4.78, 5) is 41.2. The van der Waals surface area contributed by atoms with Gasteiger partial charge in [0.25, 0.3) is 5.91 Å². The topological polar surface area (TPSA) is 108 Å². The minimum absolute atomic E-state index is 0.00692. The number of halogens is 6. The Morgan fingerprint density at radius 1 is 1.09 bits per heavy atom. The molecule has 1 aliphatic rings. The van der Waals surface area contributed by atoms with Gasteiger partial charge in [0.05, 0.1) is 43.3 Å². The fraction of sp³-hybridized carbons (Fsp3) is 0.700. The molecule has 0 spiro atoms. The molecule has 45 heavy (non-hydrogen) atoms. The van der Waals surface area contributed by atoms with Crippen LogP contribution in [-0.4, -0.2) is 96.6 Å². The van der Waals surface area contributed by atoms with Gasteiger partial charge < -0.3 is 29.7 Å². The number of carbonyl (C=O) groups is 3. The van der Waals surface area contributed by atoms with Crippen LogP contribution in [0, 0.1) is 5.92 Å². The third kappa shape index (κ3) is 13.4. The summed E-state index contributed by atoms with van der Waals surface area (Å²) in [6, 6.07) is 3.46. The molecule has 1 aromatic rings. The van der Waals surface area contributed by atoms with Gasteiger partial charge in [-0.15, -0.1) is 0 Å². The van der Waals surface area contributed by atoms with Crippen LogP contribution in [0.5, 0.6) is 5.75 Å². The van der Waals surface area contributed by atoms with Gasteiger partial charge in [0.1, 0.15) is 5.75 Å². The van der Waals surface area contributed by atoms with Crippen LogP contribution in [0.25, 0.3) is 0 Å². The number of nitrogens with one attached hydrogen (secondary N) is 1. The Kier molecular flexibility index (Phi) is 14.4. The molecule has 0 fully saturated rings. The zero-order chi connectivity index (χ0) is 33.9. The summed E-state index contributed by atoms with van der Waals surface area (Å²) in [6.07, 6.45) is -12.2. The third-order valence-electron chi connectivity index (χ3n) is 7.47. The van der Waals surface area contributed by atoms with Crippen molar-refractivity contribution in [1.82, 2.24) is 9.80 Å². The second-order valence-corrected chi connectivity index (χ2v) is 11.6. The third-order valence-corrected chi connectivity index (χ3v) is 7.47. The minimum atomic E-state index is -4.51. The van der Waals surface area contributed by atoms with Gasteiger partial charge in [0, 0.05) is 51.2 Å². The Morgan fingerprint density at radius 2 is 1.73 bits per heavy atom. The molecule has 0 aliphatic carbocycles. The second kappa shape index (κ2) is 17.0. The minimum Gasteiger partial charge on any atom is -0.490 e. The van der Waals surface area contributed by atoms with Crippen LogP contribution in [0.15, 0.2) is 18.2 Å². The van der Waals surface area contributed by atoms with Crippen molar-refractivity contribution in [2.75, 3.05) is 38.7 Å². The van der Waals surface area contributed by atoms with Crippen molar-refractivity contribution in [3.63, 3.8) is 0 Å². The summed E-state index contributed by atoms with van der Waals surface area (Å²) in [5, 5.41) is 12.4. The Morgan fingerprint density at radius 3 is 2.36 bits per heavy atom. The lowest BCUT2D eigenvalue weighted by Crippen LogP contribution is -2.48. The van der Waals surface area contributed by atoms with Gasteiger partial charge in [-0.05, 0) is 51.3 Å². The molecule has 1 aromatic carbocycles. The van der Waals surface area contributed by atoms with E-state index in [1.54, 1.807) is 20.8 Å². The largest absolute Gasteiger partial charge is 0.490 e. The fourth-order valence-electron chi connectivity index (χ4n) is 4.75. The van der Waals surface area contributed by atoms with Crippen molar-refractivity contribution < 1.29 is 55.3 Å². The summed E-state index contributed by atoms with van der Waals surface area (Å²) >= 11 is 0. The molecule has 4 atom stereocenters. The normalized spacial score (nSPS) is 21.3. The Hall–Kier alpha value is -3.07. The molecule has 0 aromatic heterocycles. The molecule has 0 radical (unpaired) electrons. The zero-order valence-corrected chi connectivity index (χ0v) is 26.0. The van der Waals surface area contributed by atoms with Crippen LogP contribution in [0.2, 0.25) is 0 Å². The van der Waals surface area contributed by atoms with Gasteiger partial charge >= 0.3 is 12.4 Å². The van der Waals surface area contributed by atoms with Gasteiger partial charge in [0.15, 0.2) is 0 Å². The molecule has 15 heteroatoms. The first kappa shape index (κ1) is 38.1. The van der Waals surface area contributed by atoms with E-state index >= 15 is 0 Å². The highest BCUT2D eigenvalue weighted by Crippen LogP contribution is 2.29. The van der Waals surface area contributed by atoms with Gasteiger partial charge in [-0.1, -0.05) is 6.92 Å². The van der Waals surface area contributed by atoms with E-state index in [-0.39, 0.29) is 36.2 Å². The molecule has 2 N–H and O–H groups in total. The van der Waals surface area contributed by atoms with Crippen LogP contribution in [0.3, 0.4) is 0 Å². The maximum Gasteiger partial charge on any atom is 0.389 e. The maximum absolute atomic E-state index is 14.0. The number of benzene rings is 1. The van der Waals surface area contributed by atoms with Crippen LogP contribution < -0.4 is 10.1 Å². The highest BCUT2D eigenvalue weighted by atomic mass is 19.4. The summed E-state index contributed by atoms with van der Waals surface area (Å²) in [7, 11) is 1.39. The number of aliphatic hydroxyl groups is 1. The molecule has 256 valence electrons. The number of ether oxygens (including phenoxy) is 2. The molecular formula is C30H43F6N3O6. The van der Waals surface area contributed by atoms with Gasteiger partial charge in [-0.3, -0.25) is 14.4 Å². The summed E-state index contributed by atoms with van der Waals surface area (Å²) < 4.78 is 88.0. The van der Waals surface area contributed by atoms with Crippen LogP contribution in [0.1, 0.15) is 76.1 Å². The molecule has 0 unspecified atom stereocenters. The first-order chi connectivity index (χ1) is 20.9. The monoisotopic (exact) mass is 655 g/mol. The molecule has 0 saturated heterocycles. The Bertz CT molecular complexity index is 1130. The van der Waals surface area contributed by atoms with Crippen LogP contribution in [-0.2, 0) is 14.3 Å². The number of carbonyl (C=O) groups excluding carboxylic acids is 3. The number of hydrogen-bond acceptors (Lipinski definition) is 6. The molecule has 0 saturated carbocycles. The van der Waals surface area contributed by atoms with E-state index in [0.29, 0.717) is 25.9 Å². The summed E-state index contributed by atoms with van der Waals surface area (Å²) in [5.74, 6) is -2.47. The van der Waals surface area contributed by atoms with Crippen LogP contribution in [0.4, 0.5) is 32.0 Å². The number of likely N-dealkylation sites (N-methyl/N-ethyl adjacent to an activating group) is 1. The predicted octanol–water partition coefficient (Wildman–Crippen LogP) is 5.56. The van der Waals surface area contributed by atoms with E-state index in [1.165, 1.54) is 35.0 Å². The average molecular weight is 656 g/mol. The molecule has 3 amide bonds. The van der Waals surface area contributed by atoms with E-state index < -0.39 is 80.4 Å². The first-order valence-corrected chi connectivity index (χ1v) is 14.9. The standard InChI is InChI=1S/C30H43F6N3O6/c1-19-16-39(20(2)18-40)28(43)23-15-22(37-26(41)10-12-29(31,32)33)8-9-24(23)45-21(3)7-5-6-14-44-25(19)17-38(4)27(42)11-13-30(34,35)36/h8-9,15,19-21,25,40H,5-7,10-14,16-18H2,1-4H3,(H,37,41)/t19-,20+,21+,25-/m1/s1. The van der Waals surface area contributed by atoms with E-state index in [0.717, 1.165) is 0 Å². The molecular weight excluding hydrogens is 612 g/mol. The van der Waals surface area contributed by atoms with Gasteiger partial charge in [-0.2, -0.15) is 26.3 Å². The number of fused-ring (bicyclic) bond motifs is 1.